The van der Waals surface area contributed by atoms with Crippen LogP contribution in [0.25, 0.3) is 0 Å². The zero-order valence-corrected chi connectivity index (χ0v) is 12.3. The summed E-state index contributed by atoms with van der Waals surface area (Å²) >= 11 is 0. The average Bonchev–Trinajstić information content (AvgIpc) is 2.94. The predicted molar refractivity (Wildman–Crippen MR) is 76.4 cm³/mol. The van der Waals surface area contributed by atoms with Gasteiger partial charge in [0.05, 0.1) is 26.4 Å². The lowest BCUT2D eigenvalue weighted by atomic mass is 10.1. The molecule has 0 aliphatic carbocycles. The summed E-state index contributed by atoms with van der Waals surface area (Å²) in [5.41, 5.74) is 0.786. The molecule has 0 bridgehead atoms. The number of hydrogen-bond acceptors (Lipinski definition) is 5. The van der Waals surface area contributed by atoms with E-state index in [-0.39, 0.29) is 6.10 Å². The van der Waals surface area contributed by atoms with Crippen LogP contribution in [0, 0.1) is 0 Å². The third kappa shape index (κ3) is 3.42. The van der Waals surface area contributed by atoms with Crippen LogP contribution in [0.2, 0.25) is 0 Å². The molecule has 1 aromatic carbocycles. The Hall–Kier alpha value is -1.30. The molecule has 5 heteroatoms. The van der Waals surface area contributed by atoms with Crippen molar-refractivity contribution < 1.29 is 19.3 Å². The highest BCUT2D eigenvalue weighted by atomic mass is 16.5. The monoisotopic (exact) mass is 281 g/mol. The van der Waals surface area contributed by atoms with Crippen molar-refractivity contribution in [2.75, 3.05) is 41.0 Å². The Balaban J connectivity index is 2.03. The van der Waals surface area contributed by atoms with Gasteiger partial charge in [0, 0.05) is 38.4 Å². The van der Waals surface area contributed by atoms with E-state index >= 15 is 0 Å². The molecule has 0 saturated carbocycles. The zero-order valence-electron chi connectivity index (χ0n) is 12.3. The topological polar surface area (TPSA) is 51.2 Å². The molecule has 112 valence electrons. The van der Waals surface area contributed by atoms with Crippen LogP contribution in [0.5, 0.6) is 11.5 Å². The maximum absolute atomic E-state index is 10.4. The third-order valence-electron chi connectivity index (χ3n) is 3.79. The first-order chi connectivity index (χ1) is 9.67. The molecule has 1 aliphatic rings. The third-order valence-corrected chi connectivity index (χ3v) is 3.79. The average molecular weight is 281 g/mol. The number of aliphatic hydroxyl groups is 1. The van der Waals surface area contributed by atoms with Crippen LogP contribution in [0.15, 0.2) is 18.2 Å². The molecule has 1 fully saturated rings. The van der Waals surface area contributed by atoms with E-state index in [1.165, 1.54) is 0 Å². The number of β-amino-alcohol motifs (C(OH)–C–C–N with tert-alkyl or cyclic N) is 1. The van der Waals surface area contributed by atoms with Crippen molar-refractivity contribution >= 4 is 0 Å². The molecule has 0 spiro atoms. The Bertz CT molecular complexity index is 438. The lowest BCUT2D eigenvalue weighted by Gasteiger charge is -2.21. The number of hydrogen-bond donors (Lipinski definition) is 1. The van der Waals surface area contributed by atoms with Gasteiger partial charge < -0.3 is 19.3 Å². The second-order valence-electron chi connectivity index (χ2n) is 5.03. The molecule has 2 atom stereocenters. The molecule has 1 N–H and O–H groups in total. The molecule has 1 heterocycles. The van der Waals surface area contributed by atoms with E-state index in [0.717, 1.165) is 30.8 Å². The number of nitrogens with zero attached hydrogens (tertiary/aromatic N) is 1. The van der Waals surface area contributed by atoms with Crippen LogP contribution in [0.4, 0.5) is 0 Å². The summed E-state index contributed by atoms with van der Waals surface area (Å²) in [6, 6.07) is 5.48. The van der Waals surface area contributed by atoms with Crippen LogP contribution in [0.1, 0.15) is 18.1 Å². The molecular formula is C15H23NO4. The van der Waals surface area contributed by atoms with Crippen LogP contribution < -0.4 is 9.47 Å². The van der Waals surface area contributed by atoms with E-state index in [2.05, 4.69) is 4.90 Å². The van der Waals surface area contributed by atoms with Gasteiger partial charge in [0.2, 0.25) is 0 Å². The van der Waals surface area contributed by atoms with Crippen LogP contribution in [0.3, 0.4) is 0 Å². The SMILES string of the molecule is COc1ccc(C(O)CN2CCC(OC)C2)c(OC)c1. The predicted octanol–water partition coefficient (Wildman–Crippen LogP) is 1.46. The van der Waals surface area contributed by atoms with Crippen molar-refractivity contribution in [2.24, 2.45) is 0 Å². The Morgan fingerprint density at radius 1 is 1.30 bits per heavy atom. The van der Waals surface area contributed by atoms with Gasteiger partial charge >= 0.3 is 0 Å². The number of likely N-dealkylation sites (tertiary alicyclic amines) is 1. The molecule has 0 radical (unpaired) electrons. The largest absolute Gasteiger partial charge is 0.497 e. The Morgan fingerprint density at radius 3 is 2.70 bits per heavy atom. The standard InChI is InChI=1S/C15H23NO4/c1-18-11-4-5-13(15(8-11)20-3)14(17)10-16-7-6-12(9-16)19-2/h4-5,8,12,14,17H,6-7,9-10H2,1-3H3. The molecule has 0 aromatic heterocycles. The number of methoxy groups -OCH3 is 3. The van der Waals surface area contributed by atoms with Crippen molar-refractivity contribution in [1.82, 2.24) is 4.90 Å². The van der Waals surface area contributed by atoms with Crippen LogP contribution in [-0.2, 0) is 4.74 Å². The van der Waals surface area contributed by atoms with E-state index in [0.29, 0.717) is 12.3 Å². The van der Waals surface area contributed by atoms with Crippen LogP contribution >= 0.6 is 0 Å². The lowest BCUT2D eigenvalue weighted by molar-refractivity contribution is 0.0889. The summed E-state index contributed by atoms with van der Waals surface area (Å²) in [5, 5.41) is 10.4. The summed E-state index contributed by atoms with van der Waals surface area (Å²) in [4.78, 5) is 2.21. The fourth-order valence-electron chi connectivity index (χ4n) is 2.59. The van der Waals surface area contributed by atoms with Crippen molar-refractivity contribution in [3.05, 3.63) is 23.8 Å². The minimum Gasteiger partial charge on any atom is -0.497 e. The highest BCUT2D eigenvalue weighted by Gasteiger charge is 2.25. The number of ether oxygens (including phenoxy) is 3. The summed E-state index contributed by atoms with van der Waals surface area (Å²) in [6.45, 7) is 2.41. The lowest BCUT2D eigenvalue weighted by Crippen LogP contribution is -2.28. The first-order valence-electron chi connectivity index (χ1n) is 6.83. The molecule has 20 heavy (non-hydrogen) atoms. The fraction of sp³-hybridized carbons (Fsp3) is 0.600. The maximum Gasteiger partial charge on any atom is 0.128 e. The van der Waals surface area contributed by atoms with E-state index in [1.54, 1.807) is 27.4 Å². The smallest absolute Gasteiger partial charge is 0.128 e. The number of benzene rings is 1. The molecule has 0 amide bonds. The van der Waals surface area contributed by atoms with Crippen molar-refractivity contribution in [3.63, 3.8) is 0 Å². The molecule has 2 unspecified atom stereocenters. The Labute approximate surface area is 120 Å². The normalized spacial score (nSPS) is 20.9. The van der Waals surface area contributed by atoms with Gasteiger partial charge in [0.15, 0.2) is 0 Å². The van der Waals surface area contributed by atoms with Gasteiger partial charge in [-0.05, 0) is 18.6 Å². The number of aliphatic hydroxyl groups excluding tert-OH is 1. The van der Waals surface area contributed by atoms with Crippen molar-refractivity contribution in [1.29, 1.82) is 0 Å². The maximum atomic E-state index is 10.4. The molecule has 5 nitrogen and oxygen atoms in total. The van der Waals surface area contributed by atoms with Gasteiger partial charge in [-0.1, -0.05) is 0 Å². The molecule has 2 rings (SSSR count). The first kappa shape index (κ1) is 15.1. The molecule has 1 aromatic rings. The van der Waals surface area contributed by atoms with E-state index < -0.39 is 6.10 Å². The van der Waals surface area contributed by atoms with Gasteiger partial charge in [0.25, 0.3) is 0 Å². The summed E-state index contributed by atoms with van der Waals surface area (Å²) in [7, 11) is 4.94. The quantitative estimate of drug-likeness (QED) is 0.855. The second kappa shape index (κ2) is 6.92. The fourth-order valence-corrected chi connectivity index (χ4v) is 2.59. The summed E-state index contributed by atoms with van der Waals surface area (Å²) < 4.78 is 15.8. The Morgan fingerprint density at radius 2 is 2.10 bits per heavy atom. The van der Waals surface area contributed by atoms with Crippen molar-refractivity contribution in [2.45, 2.75) is 18.6 Å². The van der Waals surface area contributed by atoms with Gasteiger partial charge in [-0.3, -0.25) is 4.90 Å². The van der Waals surface area contributed by atoms with E-state index in [1.807, 2.05) is 12.1 Å². The highest BCUT2D eigenvalue weighted by molar-refractivity contribution is 5.42. The van der Waals surface area contributed by atoms with Crippen LogP contribution in [-0.4, -0.2) is 57.1 Å². The highest BCUT2D eigenvalue weighted by Crippen LogP contribution is 2.30. The van der Waals surface area contributed by atoms with Crippen molar-refractivity contribution in [3.8, 4) is 11.5 Å². The number of rotatable bonds is 6. The molecule has 1 saturated heterocycles. The van der Waals surface area contributed by atoms with E-state index in [4.69, 9.17) is 14.2 Å². The molecular weight excluding hydrogens is 258 g/mol. The first-order valence-corrected chi connectivity index (χ1v) is 6.83. The zero-order chi connectivity index (χ0) is 14.5. The Kier molecular flexibility index (Phi) is 5.23. The van der Waals surface area contributed by atoms with Gasteiger partial charge in [0.1, 0.15) is 11.5 Å². The van der Waals surface area contributed by atoms with Gasteiger partial charge in [-0.2, -0.15) is 0 Å². The minimum absolute atomic E-state index is 0.278. The second-order valence-corrected chi connectivity index (χ2v) is 5.03. The van der Waals surface area contributed by atoms with E-state index in [9.17, 15) is 5.11 Å². The molecule has 1 aliphatic heterocycles. The summed E-state index contributed by atoms with van der Waals surface area (Å²) in [5.74, 6) is 1.37. The van der Waals surface area contributed by atoms with Gasteiger partial charge in [-0.25, -0.2) is 0 Å². The summed E-state index contributed by atoms with van der Waals surface area (Å²) in [6.07, 6.45) is 0.717. The van der Waals surface area contributed by atoms with Gasteiger partial charge in [-0.15, -0.1) is 0 Å². The minimum atomic E-state index is -0.577.